The summed E-state index contributed by atoms with van der Waals surface area (Å²) in [5.74, 6) is 1.56. The van der Waals surface area contributed by atoms with Gasteiger partial charge in [0.1, 0.15) is 10.4 Å². The fourth-order valence-electron chi connectivity index (χ4n) is 3.62. The van der Waals surface area contributed by atoms with E-state index in [-0.39, 0.29) is 5.56 Å². The Morgan fingerprint density at radius 3 is 2.60 bits per heavy atom. The Bertz CT molecular complexity index is 1150. The average Bonchev–Trinajstić information content (AvgIpc) is 3.37. The molecule has 0 unspecified atom stereocenters. The Morgan fingerprint density at radius 1 is 1.08 bits per heavy atom. The normalized spacial score (nSPS) is 14.3. The van der Waals surface area contributed by atoms with Crippen LogP contribution in [0.2, 0.25) is 0 Å². The molecule has 4 heteroatoms. The molecule has 3 nitrogen and oxygen atoms in total. The molecule has 4 aromatic rings. The number of aromatic amines is 1. The van der Waals surface area contributed by atoms with Gasteiger partial charge in [-0.2, -0.15) is 0 Å². The SMILES string of the molecule is COc1ccc2[nH]c(=O)c3sccc3c2c1-c1ccc(C2CC2)cc1. The van der Waals surface area contributed by atoms with Crippen molar-refractivity contribution in [1.82, 2.24) is 4.98 Å². The smallest absolute Gasteiger partial charge is 0.266 e. The third-order valence-electron chi connectivity index (χ3n) is 5.02. The first-order valence-electron chi connectivity index (χ1n) is 8.47. The average molecular weight is 347 g/mol. The van der Waals surface area contributed by atoms with Crippen molar-refractivity contribution in [2.45, 2.75) is 18.8 Å². The molecule has 0 aliphatic heterocycles. The number of benzene rings is 2. The second-order valence-electron chi connectivity index (χ2n) is 6.58. The minimum atomic E-state index is -0.0299. The van der Waals surface area contributed by atoms with E-state index in [2.05, 4.69) is 29.2 Å². The molecule has 0 bridgehead atoms. The highest BCUT2D eigenvalue weighted by Crippen LogP contribution is 2.43. The topological polar surface area (TPSA) is 42.1 Å². The number of H-pyrrole nitrogens is 1. The molecule has 1 aliphatic carbocycles. The molecule has 0 atom stereocenters. The lowest BCUT2D eigenvalue weighted by Gasteiger charge is -2.14. The van der Waals surface area contributed by atoms with E-state index >= 15 is 0 Å². The number of rotatable bonds is 3. The quantitative estimate of drug-likeness (QED) is 0.547. The fourth-order valence-corrected chi connectivity index (χ4v) is 4.42. The molecule has 0 amide bonds. The second kappa shape index (κ2) is 5.46. The van der Waals surface area contributed by atoms with Gasteiger partial charge in [-0.15, -0.1) is 11.3 Å². The maximum atomic E-state index is 12.3. The number of aromatic nitrogens is 1. The van der Waals surface area contributed by atoms with E-state index in [1.165, 1.54) is 29.7 Å². The zero-order chi connectivity index (χ0) is 17.0. The van der Waals surface area contributed by atoms with Crippen LogP contribution in [-0.4, -0.2) is 12.1 Å². The fraction of sp³-hybridized carbons (Fsp3) is 0.190. The van der Waals surface area contributed by atoms with Crippen LogP contribution in [0.25, 0.3) is 32.1 Å². The van der Waals surface area contributed by atoms with Crippen LogP contribution in [0.5, 0.6) is 5.75 Å². The van der Waals surface area contributed by atoms with Crippen molar-refractivity contribution >= 4 is 32.3 Å². The van der Waals surface area contributed by atoms with Crippen molar-refractivity contribution in [3.8, 4) is 16.9 Å². The van der Waals surface area contributed by atoms with Gasteiger partial charge in [0.15, 0.2) is 0 Å². The highest BCUT2D eigenvalue weighted by Gasteiger charge is 2.23. The Labute approximate surface area is 148 Å². The van der Waals surface area contributed by atoms with Gasteiger partial charge >= 0.3 is 0 Å². The molecule has 2 aromatic heterocycles. The molecule has 2 aromatic carbocycles. The number of pyridine rings is 1. The largest absolute Gasteiger partial charge is 0.496 e. The zero-order valence-electron chi connectivity index (χ0n) is 13.8. The van der Waals surface area contributed by atoms with Crippen LogP contribution in [0.1, 0.15) is 24.3 Å². The lowest BCUT2D eigenvalue weighted by atomic mass is 9.96. The predicted molar refractivity (Wildman–Crippen MR) is 104 cm³/mol. The molecular formula is C21H17NO2S. The maximum absolute atomic E-state index is 12.3. The lowest BCUT2D eigenvalue weighted by Crippen LogP contribution is -2.05. The molecular weight excluding hydrogens is 330 g/mol. The van der Waals surface area contributed by atoms with E-state index in [4.69, 9.17) is 4.74 Å². The standard InChI is InChI=1S/C21H17NO2S/c1-24-17-9-8-16-19(15-10-11-25-20(15)21(23)22-16)18(17)14-6-4-13(5-7-14)12-2-3-12/h4-12H,2-3H2,1H3,(H,22,23). The second-order valence-corrected chi connectivity index (χ2v) is 7.50. The minimum absolute atomic E-state index is 0.0299. The van der Waals surface area contributed by atoms with Crippen LogP contribution in [0.15, 0.2) is 52.6 Å². The van der Waals surface area contributed by atoms with Gasteiger partial charge in [-0.25, -0.2) is 0 Å². The first-order chi connectivity index (χ1) is 12.3. The van der Waals surface area contributed by atoms with Gasteiger partial charge in [0, 0.05) is 21.9 Å². The third kappa shape index (κ3) is 2.29. The Kier molecular flexibility index (Phi) is 3.22. The number of fused-ring (bicyclic) bond motifs is 3. The highest BCUT2D eigenvalue weighted by molar-refractivity contribution is 7.17. The van der Waals surface area contributed by atoms with E-state index in [1.54, 1.807) is 7.11 Å². The highest BCUT2D eigenvalue weighted by atomic mass is 32.1. The summed E-state index contributed by atoms with van der Waals surface area (Å²) in [6.07, 6.45) is 2.60. The number of thiophene rings is 1. The van der Waals surface area contributed by atoms with Crippen molar-refractivity contribution in [1.29, 1.82) is 0 Å². The van der Waals surface area contributed by atoms with E-state index in [0.717, 1.165) is 43.8 Å². The van der Waals surface area contributed by atoms with Crippen LogP contribution < -0.4 is 10.3 Å². The number of nitrogens with one attached hydrogen (secondary N) is 1. The number of hydrogen-bond acceptors (Lipinski definition) is 3. The third-order valence-corrected chi connectivity index (χ3v) is 5.94. The summed E-state index contributed by atoms with van der Waals surface area (Å²) in [7, 11) is 1.69. The first-order valence-corrected chi connectivity index (χ1v) is 9.35. The first kappa shape index (κ1) is 14.7. The summed E-state index contributed by atoms with van der Waals surface area (Å²) in [4.78, 5) is 15.3. The number of hydrogen-bond donors (Lipinski definition) is 1. The summed E-state index contributed by atoms with van der Waals surface area (Å²) in [6, 6.07) is 14.7. The lowest BCUT2D eigenvalue weighted by molar-refractivity contribution is 0.417. The summed E-state index contributed by atoms with van der Waals surface area (Å²) in [5.41, 5.74) is 4.39. The van der Waals surface area contributed by atoms with Crippen LogP contribution in [0, 0.1) is 0 Å². The predicted octanol–water partition coefficient (Wildman–Crippen LogP) is 5.30. The maximum Gasteiger partial charge on any atom is 0.266 e. The van der Waals surface area contributed by atoms with Gasteiger partial charge in [-0.1, -0.05) is 24.3 Å². The molecule has 2 heterocycles. The van der Waals surface area contributed by atoms with Crippen molar-refractivity contribution in [3.63, 3.8) is 0 Å². The van der Waals surface area contributed by atoms with Crippen molar-refractivity contribution in [2.75, 3.05) is 7.11 Å². The van der Waals surface area contributed by atoms with Crippen molar-refractivity contribution in [2.24, 2.45) is 0 Å². The van der Waals surface area contributed by atoms with Gasteiger partial charge in [0.05, 0.1) is 7.11 Å². The summed E-state index contributed by atoms with van der Waals surface area (Å²) < 4.78 is 6.43. The molecule has 1 aliphatic rings. The Balaban J connectivity index is 1.85. The van der Waals surface area contributed by atoms with Gasteiger partial charge < -0.3 is 9.72 Å². The molecule has 0 radical (unpaired) electrons. The minimum Gasteiger partial charge on any atom is -0.496 e. The summed E-state index contributed by atoms with van der Waals surface area (Å²) in [6.45, 7) is 0. The number of methoxy groups -OCH3 is 1. The monoisotopic (exact) mass is 347 g/mol. The van der Waals surface area contributed by atoms with Gasteiger partial charge in [-0.3, -0.25) is 4.79 Å². The zero-order valence-corrected chi connectivity index (χ0v) is 14.7. The Morgan fingerprint density at radius 2 is 1.88 bits per heavy atom. The van der Waals surface area contributed by atoms with Gasteiger partial charge in [-0.05, 0) is 53.5 Å². The summed E-state index contributed by atoms with van der Waals surface area (Å²) >= 11 is 1.48. The molecule has 25 heavy (non-hydrogen) atoms. The molecule has 0 spiro atoms. The van der Waals surface area contributed by atoms with E-state index in [0.29, 0.717) is 0 Å². The number of ether oxygens (including phenoxy) is 1. The van der Waals surface area contributed by atoms with Crippen molar-refractivity contribution in [3.05, 3.63) is 63.8 Å². The van der Waals surface area contributed by atoms with Gasteiger partial charge in [0.2, 0.25) is 0 Å². The van der Waals surface area contributed by atoms with E-state index in [1.807, 2.05) is 23.6 Å². The summed E-state index contributed by atoms with van der Waals surface area (Å²) in [5, 5.41) is 4.01. The molecule has 124 valence electrons. The van der Waals surface area contributed by atoms with Crippen LogP contribution >= 0.6 is 11.3 Å². The van der Waals surface area contributed by atoms with Crippen LogP contribution in [0.4, 0.5) is 0 Å². The Hall–Kier alpha value is -2.59. The van der Waals surface area contributed by atoms with Crippen LogP contribution in [0.3, 0.4) is 0 Å². The molecule has 1 saturated carbocycles. The van der Waals surface area contributed by atoms with Crippen molar-refractivity contribution < 1.29 is 4.74 Å². The molecule has 1 fully saturated rings. The molecule has 1 N–H and O–H groups in total. The molecule has 0 saturated heterocycles. The van der Waals surface area contributed by atoms with E-state index in [9.17, 15) is 4.79 Å². The molecule has 5 rings (SSSR count). The van der Waals surface area contributed by atoms with Crippen LogP contribution in [-0.2, 0) is 0 Å². The van der Waals surface area contributed by atoms with Gasteiger partial charge in [0.25, 0.3) is 5.56 Å². The van der Waals surface area contributed by atoms with E-state index < -0.39 is 0 Å².